The lowest BCUT2D eigenvalue weighted by atomic mass is 9.90. The van der Waals surface area contributed by atoms with Gasteiger partial charge in [0, 0.05) is 32.1 Å². The van der Waals surface area contributed by atoms with E-state index in [9.17, 15) is 0 Å². The molecule has 1 aliphatic carbocycles. The normalized spacial score (nSPS) is 33.9. The molecule has 2 aliphatic heterocycles. The Balaban J connectivity index is 1.40. The molecule has 4 rings (SSSR count). The molecule has 1 aromatic heterocycles. The highest BCUT2D eigenvalue weighted by Gasteiger charge is 2.41. The summed E-state index contributed by atoms with van der Waals surface area (Å²) >= 11 is 0. The number of rotatable bonds is 4. The van der Waals surface area contributed by atoms with Crippen LogP contribution in [-0.2, 0) is 16.0 Å². The number of nitrogens with one attached hydrogen (secondary N) is 1. The predicted molar refractivity (Wildman–Crippen MR) is 72.3 cm³/mol. The summed E-state index contributed by atoms with van der Waals surface area (Å²) in [5.74, 6) is 0.903. The smallest absolute Gasteiger partial charge is 0.164 e. The van der Waals surface area contributed by atoms with Crippen molar-refractivity contribution in [1.82, 2.24) is 20.1 Å². The van der Waals surface area contributed by atoms with E-state index in [0.717, 1.165) is 51.5 Å². The van der Waals surface area contributed by atoms with Crippen molar-refractivity contribution in [2.24, 2.45) is 0 Å². The van der Waals surface area contributed by atoms with Crippen molar-refractivity contribution in [3.05, 3.63) is 12.2 Å². The molecule has 1 saturated carbocycles. The zero-order chi connectivity index (χ0) is 13.4. The molecule has 3 heterocycles. The highest BCUT2D eigenvalue weighted by atomic mass is 16.6. The molecule has 0 bridgehead atoms. The van der Waals surface area contributed by atoms with Gasteiger partial charge in [0.2, 0.25) is 0 Å². The second-order valence-corrected chi connectivity index (χ2v) is 6.28. The minimum atomic E-state index is -0.0682. The highest BCUT2D eigenvalue weighted by Crippen LogP contribution is 2.37. The van der Waals surface area contributed by atoms with Gasteiger partial charge in [0.25, 0.3) is 0 Å². The van der Waals surface area contributed by atoms with Crippen LogP contribution >= 0.6 is 0 Å². The maximum atomic E-state index is 5.97. The fourth-order valence-electron chi connectivity index (χ4n) is 3.18. The summed E-state index contributed by atoms with van der Waals surface area (Å²) in [6.07, 6.45) is 7.48. The zero-order valence-corrected chi connectivity index (χ0v) is 11.8. The second-order valence-electron chi connectivity index (χ2n) is 6.28. The van der Waals surface area contributed by atoms with Crippen molar-refractivity contribution in [2.45, 2.75) is 56.3 Å². The first-order valence-electron chi connectivity index (χ1n) is 7.68. The molecule has 2 unspecified atom stereocenters. The van der Waals surface area contributed by atoms with E-state index < -0.39 is 0 Å². The average molecular weight is 278 g/mol. The van der Waals surface area contributed by atoms with Crippen LogP contribution in [0.5, 0.6) is 0 Å². The number of ether oxygens (including phenoxy) is 2. The molecule has 110 valence electrons. The standard InChI is InChI=1S/C14H22N4O2/c1-2-11(1)15-8-13-16-10-18(17-13)12-3-5-20-14(7-12)4-6-19-9-14/h10-12,15H,1-9H2. The molecule has 3 aliphatic rings. The number of hydrogen-bond donors (Lipinski definition) is 1. The first kappa shape index (κ1) is 12.7. The van der Waals surface area contributed by atoms with Gasteiger partial charge in [-0.2, -0.15) is 5.10 Å². The largest absolute Gasteiger partial charge is 0.378 e. The first-order chi connectivity index (χ1) is 9.83. The Kier molecular flexibility index (Phi) is 3.24. The van der Waals surface area contributed by atoms with Gasteiger partial charge in [-0.25, -0.2) is 9.67 Å². The summed E-state index contributed by atoms with van der Waals surface area (Å²) in [4.78, 5) is 4.42. The summed E-state index contributed by atoms with van der Waals surface area (Å²) in [6.45, 7) is 3.13. The molecule has 0 radical (unpaired) electrons. The summed E-state index contributed by atoms with van der Waals surface area (Å²) in [6, 6.07) is 1.09. The van der Waals surface area contributed by atoms with Crippen molar-refractivity contribution >= 4 is 0 Å². The molecule has 1 N–H and O–H groups in total. The molecule has 1 aromatic rings. The first-order valence-corrected chi connectivity index (χ1v) is 7.68. The minimum Gasteiger partial charge on any atom is -0.378 e. The van der Waals surface area contributed by atoms with E-state index in [-0.39, 0.29) is 5.60 Å². The van der Waals surface area contributed by atoms with Gasteiger partial charge in [-0.3, -0.25) is 0 Å². The van der Waals surface area contributed by atoms with Crippen molar-refractivity contribution in [2.75, 3.05) is 19.8 Å². The Morgan fingerprint density at radius 1 is 1.35 bits per heavy atom. The van der Waals surface area contributed by atoms with Gasteiger partial charge in [0.05, 0.1) is 24.8 Å². The quantitative estimate of drug-likeness (QED) is 0.891. The lowest BCUT2D eigenvalue weighted by Gasteiger charge is -2.36. The molecule has 2 saturated heterocycles. The van der Waals surface area contributed by atoms with E-state index >= 15 is 0 Å². The van der Waals surface area contributed by atoms with Gasteiger partial charge >= 0.3 is 0 Å². The van der Waals surface area contributed by atoms with Gasteiger partial charge < -0.3 is 14.8 Å². The lowest BCUT2D eigenvalue weighted by molar-refractivity contribution is -0.0963. The molecule has 1 spiro atoms. The van der Waals surface area contributed by atoms with Crippen molar-refractivity contribution < 1.29 is 9.47 Å². The van der Waals surface area contributed by atoms with Gasteiger partial charge in [-0.15, -0.1) is 0 Å². The Morgan fingerprint density at radius 3 is 3.10 bits per heavy atom. The van der Waals surface area contributed by atoms with E-state index in [1.807, 2.05) is 11.0 Å². The average Bonchev–Trinajstić information content (AvgIpc) is 3.00. The van der Waals surface area contributed by atoms with Crippen LogP contribution in [0, 0.1) is 0 Å². The topological polar surface area (TPSA) is 61.2 Å². The van der Waals surface area contributed by atoms with Gasteiger partial charge in [0.1, 0.15) is 6.33 Å². The third kappa shape index (κ3) is 2.60. The minimum absolute atomic E-state index is 0.0682. The molecular weight excluding hydrogens is 256 g/mol. The van der Waals surface area contributed by atoms with E-state index in [1.54, 1.807) is 0 Å². The Hall–Kier alpha value is -0.980. The van der Waals surface area contributed by atoms with Gasteiger partial charge in [-0.1, -0.05) is 0 Å². The van der Waals surface area contributed by atoms with Crippen molar-refractivity contribution in [1.29, 1.82) is 0 Å². The van der Waals surface area contributed by atoms with Crippen LogP contribution in [0.25, 0.3) is 0 Å². The van der Waals surface area contributed by atoms with Gasteiger partial charge in [0.15, 0.2) is 5.82 Å². The summed E-state index contributed by atoms with van der Waals surface area (Å²) in [5.41, 5.74) is -0.0682. The maximum Gasteiger partial charge on any atom is 0.164 e. The molecule has 2 atom stereocenters. The fourth-order valence-corrected chi connectivity index (χ4v) is 3.18. The number of aromatic nitrogens is 3. The molecule has 6 nitrogen and oxygen atoms in total. The second kappa shape index (κ2) is 5.09. The van der Waals surface area contributed by atoms with E-state index in [1.165, 1.54) is 12.8 Å². The molecule has 3 fully saturated rings. The Morgan fingerprint density at radius 2 is 2.30 bits per heavy atom. The maximum absolute atomic E-state index is 5.97. The predicted octanol–water partition coefficient (Wildman–Crippen LogP) is 1.04. The molecule has 20 heavy (non-hydrogen) atoms. The van der Waals surface area contributed by atoms with Crippen LogP contribution in [0.1, 0.15) is 44.0 Å². The summed E-state index contributed by atoms with van der Waals surface area (Å²) in [5, 5.41) is 8.09. The number of nitrogens with zero attached hydrogens (tertiary/aromatic N) is 3. The third-order valence-electron chi connectivity index (χ3n) is 4.59. The van der Waals surface area contributed by atoms with Crippen LogP contribution < -0.4 is 5.32 Å². The number of hydrogen-bond acceptors (Lipinski definition) is 5. The van der Waals surface area contributed by atoms with Crippen LogP contribution in [0.2, 0.25) is 0 Å². The monoisotopic (exact) mass is 278 g/mol. The van der Waals surface area contributed by atoms with Crippen molar-refractivity contribution in [3.8, 4) is 0 Å². The van der Waals surface area contributed by atoms with Crippen LogP contribution in [-0.4, -0.2) is 46.2 Å². The summed E-state index contributed by atoms with van der Waals surface area (Å²) in [7, 11) is 0. The Labute approximate surface area is 118 Å². The lowest BCUT2D eigenvalue weighted by Crippen LogP contribution is -2.41. The molecular formula is C14H22N4O2. The fraction of sp³-hybridized carbons (Fsp3) is 0.857. The molecule has 6 heteroatoms. The SMILES string of the molecule is c1nc(CNC2CC2)nn1C1CCOC2(CCOC2)C1. The molecule has 0 amide bonds. The zero-order valence-electron chi connectivity index (χ0n) is 11.8. The van der Waals surface area contributed by atoms with Crippen LogP contribution in [0.4, 0.5) is 0 Å². The van der Waals surface area contributed by atoms with Crippen LogP contribution in [0.15, 0.2) is 6.33 Å². The van der Waals surface area contributed by atoms with Crippen molar-refractivity contribution in [3.63, 3.8) is 0 Å². The summed E-state index contributed by atoms with van der Waals surface area (Å²) < 4.78 is 13.5. The Bertz CT molecular complexity index is 465. The third-order valence-corrected chi connectivity index (χ3v) is 4.59. The van der Waals surface area contributed by atoms with E-state index in [2.05, 4.69) is 15.4 Å². The van der Waals surface area contributed by atoms with E-state index in [4.69, 9.17) is 9.47 Å². The van der Waals surface area contributed by atoms with Gasteiger partial charge in [-0.05, 0) is 19.3 Å². The van der Waals surface area contributed by atoms with Crippen LogP contribution in [0.3, 0.4) is 0 Å². The molecule has 0 aromatic carbocycles. The highest BCUT2D eigenvalue weighted by molar-refractivity contribution is 4.94. The van der Waals surface area contributed by atoms with E-state index in [0.29, 0.717) is 12.1 Å².